The summed E-state index contributed by atoms with van der Waals surface area (Å²) >= 11 is 0. The summed E-state index contributed by atoms with van der Waals surface area (Å²) in [6.45, 7) is 3.82. The third-order valence-corrected chi connectivity index (χ3v) is 5.35. The number of carbonyl (C=O) groups is 3. The molecule has 0 aromatic heterocycles. The molecule has 188 valence electrons. The first-order valence-corrected chi connectivity index (χ1v) is 11.5. The Balaban J connectivity index is 1.43. The fourth-order valence-electron chi connectivity index (χ4n) is 3.62. The zero-order valence-corrected chi connectivity index (χ0v) is 19.4. The molecule has 0 bridgehead atoms. The summed E-state index contributed by atoms with van der Waals surface area (Å²) in [6, 6.07) is 6.59. The molecule has 2 aromatic carbocycles. The summed E-state index contributed by atoms with van der Waals surface area (Å²) in [5, 5.41) is 23.1. The number of benzene rings is 2. The van der Waals surface area contributed by atoms with Crippen LogP contribution in [0.15, 0.2) is 30.3 Å². The Hall–Kier alpha value is -3.31. The smallest absolute Gasteiger partial charge is 0.251 e. The largest absolute Gasteiger partial charge is 0.507 e. The molecule has 1 amide bonds. The van der Waals surface area contributed by atoms with Gasteiger partial charge in [-0.05, 0) is 37.6 Å². The molecule has 0 heterocycles. The first-order chi connectivity index (χ1) is 17.0. The number of phenolic OH excluding ortho intramolecular Hbond substituents is 2. The molecular weight excluding hydrogens is 456 g/mol. The Bertz CT molecular complexity index is 1070. The molecule has 0 aliphatic heterocycles. The van der Waals surface area contributed by atoms with E-state index >= 15 is 0 Å². The summed E-state index contributed by atoms with van der Waals surface area (Å²) < 4.78 is 16.1. The van der Waals surface area contributed by atoms with Crippen molar-refractivity contribution in [3.8, 4) is 11.5 Å². The molecule has 0 fully saturated rings. The van der Waals surface area contributed by atoms with Gasteiger partial charge in [0.15, 0.2) is 5.78 Å². The molecule has 0 saturated carbocycles. The lowest BCUT2D eigenvalue weighted by Gasteiger charge is -2.20. The molecule has 35 heavy (non-hydrogen) atoms. The number of phenols is 2. The van der Waals surface area contributed by atoms with Crippen LogP contribution in [0.25, 0.3) is 0 Å². The maximum atomic E-state index is 12.9. The Morgan fingerprint density at radius 3 is 2.11 bits per heavy atom. The number of ether oxygens (including phenoxy) is 3. The minimum absolute atomic E-state index is 0.0275. The van der Waals surface area contributed by atoms with E-state index in [9.17, 15) is 24.6 Å². The molecule has 1 aliphatic carbocycles. The van der Waals surface area contributed by atoms with Gasteiger partial charge in [-0.1, -0.05) is 12.1 Å². The first-order valence-electron chi connectivity index (χ1n) is 11.5. The highest BCUT2D eigenvalue weighted by atomic mass is 16.5. The highest BCUT2D eigenvalue weighted by Gasteiger charge is 2.34. The van der Waals surface area contributed by atoms with Gasteiger partial charge in [0.1, 0.15) is 11.5 Å². The van der Waals surface area contributed by atoms with Gasteiger partial charge >= 0.3 is 0 Å². The van der Waals surface area contributed by atoms with Gasteiger partial charge in [0.05, 0.1) is 37.6 Å². The topological polar surface area (TPSA) is 157 Å². The zero-order chi connectivity index (χ0) is 25.2. The third kappa shape index (κ3) is 6.64. The Morgan fingerprint density at radius 1 is 0.800 bits per heavy atom. The van der Waals surface area contributed by atoms with E-state index in [0.29, 0.717) is 59.2 Å². The van der Waals surface area contributed by atoms with Gasteiger partial charge in [0, 0.05) is 36.4 Å². The van der Waals surface area contributed by atoms with Crippen LogP contribution in [0, 0.1) is 0 Å². The van der Waals surface area contributed by atoms with Gasteiger partial charge in [-0.15, -0.1) is 0 Å². The van der Waals surface area contributed by atoms with Crippen molar-refractivity contribution in [2.24, 2.45) is 5.73 Å². The molecule has 0 unspecified atom stereocenters. The van der Waals surface area contributed by atoms with Crippen LogP contribution in [-0.2, 0) is 14.2 Å². The van der Waals surface area contributed by atoms with Gasteiger partial charge in [-0.25, -0.2) is 0 Å². The molecule has 10 nitrogen and oxygen atoms in total. The van der Waals surface area contributed by atoms with Crippen LogP contribution in [0.2, 0.25) is 0 Å². The van der Waals surface area contributed by atoms with E-state index in [1.807, 2.05) is 0 Å². The number of carbonyl (C=O) groups excluding carboxylic acids is 3. The van der Waals surface area contributed by atoms with Gasteiger partial charge < -0.3 is 35.5 Å². The first kappa shape index (κ1) is 26.3. The summed E-state index contributed by atoms with van der Waals surface area (Å²) in [4.78, 5) is 38.2. The Morgan fingerprint density at radius 2 is 1.43 bits per heavy atom. The van der Waals surface area contributed by atoms with Crippen LogP contribution in [0.1, 0.15) is 55.0 Å². The second-order valence-electron chi connectivity index (χ2n) is 7.86. The van der Waals surface area contributed by atoms with E-state index in [4.69, 9.17) is 19.9 Å². The van der Waals surface area contributed by atoms with Crippen LogP contribution in [0.5, 0.6) is 11.5 Å². The van der Waals surface area contributed by atoms with Crippen molar-refractivity contribution in [1.82, 2.24) is 5.32 Å². The molecule has 0 radical (unpaired) electrons. The lowest BCUT2D eigenvalue weighted by atomic mass is 9.82. The second kappa shape index (κ2) is 13.0. The summed E-state index contributed by atoms with van der Waals surface area (Å²) in [7, 11) is 0. The minimum Gasteiger partial charge on any atom is -0.507 e. The maximum absolute atomic E-state index is 12.9. The van der Waals surface area contributed by atoms with Crippen molar-refractivity contribution in [3.63, 3.8) is 0 Å². The highest BCUT2D eigenvalue weighted by Crippen LogP contribution is 2.37. The monoisotopic (exact) mass is 486 g/mol. The van der Waals surface area contributed by atoms with Gasteiger partial charge in [0.2, 0.25) is 5.78 Å². The van der Waals surface area contributed by atoms with Crippen LogP contribution >= 0.6 is 0 Å². The van der Waals surface area contributed by atoms with Crippen molar-refractivity contribution < 1.29 is 38.8 Å². The van der Waals surface area contributed by atoms with Crippen molar-refractivity contribution in [3.05, 3.63) is 58.1 Å². The van der Waals surface area contributed by atoms with E-state index in [-0.39, 0.29) is 33.6 Å². The summed E-state index contributed by atoms with van der Waals surface area (Å²) in [5.74, 6) is -2.55. The number of ketones is 2. The van der Waals surface area contributed by atoms with E-state index < -0.39 is 23.2 Å². The van der Waals surface area contributed by atoms with E-state index in [1.54, 1.807) is 0 Å². The van der Waals surface area contributed by atoms with Crippen LogP contribution in [-0.4, -0.2) is 80.4 Å². The number of hydrogen-bond acceptors (Lipinski definition) is 9. The second-order valence-corrected chi connectivity index (χ2v) is 7.86. The van der Waals surface area contributed by atoms with Gasteiger partial charge in [-0.2, -0.15) is 0 Å². The molecule has 1 aliphatic rings. The minimum atomic E-state index is -0.669. The molecule has 3 rings (SSSR count). The number of nitrogens with one attached hydrogen (secondary N) is 1. The quantitative estimate of drug-likeness (QED) is 0.247. The number of rotatable bonds is 14. The van der Waals surface area contributed by atoms with Crippen molar-refractivity contribution in [1.29, 1.82) is 0 Å². The number of amides is 1. The van der Waals surface area contributed by atoms with Crippen molar-refractivity contribution >= 4 is 17.5 Å². The van der Waals surface area contributed by atoms with E-state index in [1.165, 1.54) is 24.3 Å². The van der Waals surface area contributed by atoms with Crippen molar-refractivity contribution in [2.75, 3.05) is 52.7 Å². The highest BCUT2D eigenvalue weighted by molar-refractivity contribution is 6.30. The van der Waals surface area contributed by atoms with Crippen LogP contribution in [0.3, 0.4) is 0 Å². The zero-order valence-electron chi connectivity index (χ0n) is 19.4. The third-order valence-electron chi connectivity index (χ3n) is 5.35. The lowest BCUT2D eigenvalue weighted by Crippen LogP contribution is -2.27. The molecule has 0 spiro atoms. The normalized spacial score (nSPS) is 12.4. The predicted octanol–water partition coefficient (Wildman–Crippen LogP) is 1.39. The van der Waals surface area contributed by atoms with Gasteiger partial charge in [-0.3, -0.25) is 14.4 Å². The van der Waals surface area contributed by atoms with Crippen LogP contribution < -0.4 is 11.1 Å². The SMILES string of the molecule is NCCCOCCOCCOCCCNC(=O)c1cc(O)c2c(c1)C(=O)c1cccc(O)c1C2=O. The number of fused-ring (bicyclic) bond motifs is 2. The van der Waals surface area contributed by atoms with E-state index in [0.717, 1.165) is 12.5 Å². The fraction of sp³-hybridized carbons (Fsp3) is 0.400. The molecule has 5 N–H and O–H groups in total. The molecule has 0 atom stereocenters. The molecule has 0 saturated heterocycles. The van der Waals surface area contributed by atoms with Gasteiger partial charge in [0.25, 0.3) is 5.91 Å². The Kier molecular flexibility index (Phi) is 9.74. The molecular formula is C25H30N2O8. The number of aromatic hydroxyl groups is 2. The predicted molar refractivity (Wildman–Crippen MR) is 126 cm³/mol. The lowest BCUT2D eigenvalue weighted by molar-refractivity contribution is 0.0141. The molecule has 10 heteroatoms. The summed E-state index contributed by atoms with van der Waals surface area (Å²) in [6.07, 6.45) is 1.37. The standard InChI is InChI=1S/C25H30N2O8/c26-6-2-8-33-10-12-35-13-11-34-9-3-7-27-25(32)16-14-18-22(20(29)15-16)24(31)21-17(23(18)30)4-1-5-19(21)28/h1,4-5,14-15,28-29H,2-3,6-13,26H2,(H,27,32). The average Bonchev–Trinajstić information content (AvgIpc) is 2.84. The summed E-state index contributed by atoms with van der Waals surface area (Å²) in [5.41, 5.74) is 4.99. The fourth-order valence-corrected chi connectivity index (χ4v) is 3.62. The Labute approximate surface area is 203 Å². The number of nitrogens with two attached hydrogens (primary N) is 1. The van der Waals surface area contributed by atoms with Crippen LogP contribution in [0.4, 0.5) is 0 Å². The van der Waals surface area contributed by atoms with E-state index in [2.05, 4.69) is 5.32 Å². The maximum Gasteiger partial charge on any atom is 0.251 e. The number of hydrogen-bond donors (Lipinski definition) is 4. The van der Waals surface area contributed by atoms with Crippen molar-refractivity contribution in [2.45, 2.75) is 12.8 Å². The average molecular weight is 487 g/mol. The molecule has 2 aromatic rings.